The number of hydrogen-bond acceptors (Lipinski definition) is 5. The van der Waals surface area contributed by atoms with Gasteiger partial charge in [-0.05, 0) is 41.5 Å². The van der Waals surface area contributed by atoms with E-state index in [-0.39, 0.29) is 25.0 Å². The van der Waals surface area contributed by atoms with Crippen molar-refractivity contribution in [3.05, 3.63) is 59.7 Å². The number of hydrogen-bond donors (Lipinski definition) is 4. The predicted octanol–water partition coefficient (Wildman–Crippen LogP) is 3.14. The number of benzene rings is 2. The predicted molar refractivity (Wildman–Crippen MR) is 127 cm³/mol. The number of fused-ring (bicyclic) bond motifs is 3. The third-order valence-corrected chi connectivity index (χ3v) is 6.01. The number of aliphatic carboxylic acids is 1. The van der Waals surface area contributed by atoms with Crippen molar-refractivity contribution in [1.29, 1.82) is 0 Å². The Morgan fingerprint density at radius 3 is 2.03 bits per heavy atom. The highest BCUT2D eigenvalue weighted by Gasteiger charge is 2.31. The van der Waals surface area contributed by atoms with Crippen LogP contribution < -0.4 is 10.6 Å². The van der Waals surface area contributed by atoms with Gasteiger partial charge in [0.15, 0.2) is 6.04 Å². The average Bonchev–Trinajstić information content (AvgIpc) is 3.11. The van der Waals surface area contributed by atoms with E-state index in [1.807, 2.05) is 50.2 Å². The topological polar surface area (TPSA) is 125 Å². The molecule has 0 saturated heterocycles. The first-order chi connectivity index (χ1) is 16.2. The lowest BCUT2D eigenvalue weighted by atomic mass is 9.95. The third-order valence-electron chi connectivity index (χ3n) is 6.01. The first kappa shape index (κ1) is 25.2. The lowest BCUT2D eigenvalue weighted by Crippen LogP contribution is -2.51. The minimum Gasteiger partial charge on any atom is -0.480 e. The zero-order valence-corrected chi connectivity index (χ0v) is 19.7. The Morgan fingerprint density at radius 2 is 1.53 bits per heavy atom. The molecule has 0 radical (unpaired) electrons. The van der Waals surface area contributed by atoms with Crippen LogP contribution in [0.25, 0.3) is 11.1 Å². The Hall–Kier alpha value is -3.39. The van der Waals surface area contributed by atoms with Gasteiger partial charge >= 0.3 is 12.1 Å². The van der Waals surface area contributed by atoms with Crippen molar-refractivity contribution in [3.63, 3.8) is 0 Å². The van der Waals surface area contributed by atoms with E-state index < -0.39 is 36.0 Å². The van der Waals surface area contributed by atoms with Crippen molar-refractivity contribution in [1.82, 2.24) is 10.6 Å². The maximum Gasteiger partial charge on any atom is 0.407 e. The van der Waals surface area contributed by atoms with Crippen molar-refractivity contribution >= 4 is 18.0 Å². The first-order valence-corrected chi connectivity index (χ1v) is 11.5. The van der Waals surface area contributed by atoms with Gasteiger partial charge in [-0.3, -0.25) is 4.79 Å². The van der Waals surface area contributed by atoms with E-state index in [4.69, 9.17) is 4.74 Å². The summed E-state index contributed by atoms with van der Waals surface area (Å²) in [5, 5.41) is 23.9. The van der Waals surface area contributed by atoms with E-state index in [0.29, 0.717) is 6.42 Å². The van der Waals surface area contributed by atoms with Crippen LogP contribution in [0.3, 0.4) is 0 Å². The summed E-state index contributed by atoms with van der Waals surface area (Å²) in [4.78, 5) is 36.5. The molecule has 1 aliphatic rings. The molecule has 0 bridgehead atoms. The summed E-state index contributed by atoms with van der Waals surface area (Å²) in [7, 11) is 0. The molecule has 1 aliphatic carbocycles. The molecule has 34 heavy (non-hydrogen) atoms. The van der Waals surface area contributed by atoms with Gasteiger partial charge in [-0.15, -0.1) is 0 Å². The highest BCUT2D eigenvalue weighted by Crippen LogP contribution is 2.44. The number of rotatable bonds is 10. The summed E-state index contributed by atoms with van der Waals surface area (Å²) >= 11 is 0. The van der Waals surface area contributed by atoms with Crippen molar-refractivity contribution < 1.29 is 29.3 Å². The maximum absolute atomic E-state index is 12.7. The van der Waals surface area contributed by atoms with Crippen LogP contribution >= 0.6 is 0 Å². The quantitative estimate of drug-likeness (QED) is 0.425. The molecule has 3 atom stereocenters. The molecule has 8 heteroatoms. The minimum absolute atomic E-state index is 0.00711. The largest absolute Gasteiger partial charge is 0.480 e. The number of aliphatic hydroxyl groups is 1. The fourth-order valence-corrected chi connectivity index (χ4v) is 4.37. The van der Waals surface area contributed by atoms with Gasteiger partial charge in [0.05, 0.1) is 12.0 Å². The van der Waals surface area contributed by atoms with Crippen LogP contribution in [0.2, 0.25) is 0 Å². The fourth-order valence-electron chi connectivity index (χ4n) is 4.37. The Kier molecular flexibility index (Phi) is 8.28. The van der Waals surface area contributed by atoms with Crippen LogP contribution in [0, 0.1) is 11.8 Å². The van der Waals surface area contributed by atoms with Crippen molar-refractivity contribution in [2.24, 2.45) is 11.8 Å². The van der Waals surface area contributed by atoms with Crippen molar-refractivity contribution in [3.8, 4) is 11.1 Å². The zero-order valence-electron chi connectivity index (χ0n) is 19.7. The molecule has 3 rings (SSSR count). The maximum atomic E-state index is 12.7. The summed E-state index contributed by atoms with van der Waals surface area (Å²) < 4.78 is 5.52. The fraction of sp³-hybridized carbons (Fsp3) is 0.423. The standard InChI is InChI=1S/C26H32N2O6/c1-15(2)12-17(24(30)28-23(16(3)29)25(31)32)13-27-26(33)34-14-22-20-10-6-4-8-18(20)19-9-5-7-11-21(19)22/h4-11,15-17,22-23,29H,12-14H2,1-3H3,(H,27,33)(H,28,30)(H,31,32). The Bertz CT molecular complexity index is 990. The van der Waals surface area contributed by atoms with E-state index in [9.17, 15) is 24.6 Å². The van der Waals surface area contributed by atoms with Crippen molar-refractivity contribution in [2.75, 3.05) is 13.2 Å². The van der Waals surface area contributed by atoms with Crippen LogP contribution in [0.5, 0.6) is 0 Å². The van der Waals surface area contributed by atoms with E-state index in [2.05, 4.69) is 22.8 Å². The molecular formula is C26H32N2O6. The molecule has 0 heterocycles. The molecule has 0 aromatic heterocycles. The van der Waals surface area contributed by atoms with Gasteiger partial charge in [-0.2, -0.15) is 0 Å². The average molecular weight is 469 g/mol. The number of nitrogens with one attached hydrogen (secondary N) is 2. The Morgan fingerprint density at radius 1 is 0.971 bits per heavy atom. The van der Waals surface area contributed by atoms with E-state index >= 15 is 0 Å². The van der Waals surface area contributed by atoms with Crippen molar-refractivity contribution in [2.45, 2.75) is 45.3 Å². The van der Waals surface area contributed by atoms with Crippen LogP contribution in [0.4, 0.5) is 4.79 Å². The second-order valence-corrected chi connectivity index (χ2v) is 9.10. The van der Waals surface area contributed by atoms with Gasteiger partial charge < -0.3 is 25.6 Å². The summed E-state index contributed by atoms with van der Waals surface area (Å²) in [6.07, 6.45) is -1.47. The molecular weight excluding hydrogens is 436 g/mol. The Balaban J connectivity index is 1.60. The molecule has 4 N–H and O–H groups in total. The number of aliphatic hydroxyl groups excluding tert-OH is 1. The third kappa shape index (κ3) is 5.94. The van der Waals surface area contributed by atoms with Crippen LogP contribution in [0.15, 0.2) is 48.5 Å². The molecule has 3 unspecified atom stereocenters. The normalized spacial score (nSPS) is 15.1. The molecule has 0 spiro atoms. The van der Waals surface area contributed by atoms with Gasteiger partial charge in [0, 0.05) is 12.5 Å². The van der Waals surface area contributed by atoms with E-state index in [0.717, 1.165) is 22.3 Å². The smallest absolute Gasteiger partial charge is 0.407 e. The molecule has 0 fully saturated rings. The lowest BCUT2D eigenvalue weighted by molar-refractivity contribution is -0.145. The number of carboxylic acid groups (broad SMARTS) is 1. The molecule has 182 valence electrons. The Labute approximate surface area is 199 Å². The van der Waals surface area contributed by atoms with Crippen LogP contribution in [-0.2, 0) is 14.3 Å². The summed E-state index contributed by atoms with van der Waals surface area (Å²) in [5.41, 5.74) is 4.47. The number of carbonyl (C=O) groups is 3. The SMILES string of the molecule is CC(C)CC(CNC(=O)OCC1c2ccccc2-c2ccccc21)C(=O)NC(C(=O)O)C(C)O. The number of carbonyl (C=O) groups excluding carboxylic acids is 2. The summed E-state index contributed by atoms with van der Waals surface area (Å²) in [6.45, 7) is 5.30. The second-order valence-electron chi connectivity index (χ2n) is 9.10. The number of ether oxygens (including phenoxy) is 1. The van der Waals surface area contributed by atoms with Crippen LogP contribution in [-0.4, -0.2) is 53.5 Å². The van der Waals surface area contributed by atoms with Gasteiger partial charge in [-0.1, -0.05) is 62.4 Å². The molecule has 2 aromatic carbocycles. The molecule has 8 nitrogen and oxygen atoms in total. The number of amides is 2. The minimum atomic E-state index is -1.42. The molecule has 0 aliphatic heterocycles. The van der Waals surface area contributed by atoms with Gasteiger partial charge in [-0.25, -0.2) is 9.59 Å². The highest BCUT2D eigenvalue weighted by atomic mass is 16.5. The molecule has 2 amide bonds. The lowest BCUT2D eigenvalue weighted by Gasteiger charge is -2.23. The monoisotopic (exact) mass is 468 g/mol. The summed E-state index contributed by atoms with van der Waals surface area (Å²) in [5.74, 6) is -2.47. The first-order valence-electron chi connectivity index (χ1n) is 11.5. The zero-order chi connectivity index (χ0) is 24.8. The van der Waals surface area contributed by atoms with Gasteiger partial charge in [0.1, 0.15) is 6.61 Å². The summed E-state index contributed by atoms with van der Waals surface area (Å²) in [6, 6.07) is 14.7. The van der Waals surface area contributed by atoms with E-state index in [1.54, 1.807) is 0 Å². The number of alkyl carbamates (subject to hydrolysis) is 1. The highest BCUT2D eigenvalue weighted by molar-refractivity contribution is 5.86. The van der Waals surface area contributed by atoms with Gasteiger partial charge in [0.2, 0.25) is 5.91 Å². The van der Waals surface area contributed by atoms with Crippen LogP contribution in [0.1, 0.15) is 44.2 Å². The molecule has 2 aromatic rings. The molecule has 0 saturated carbocycles. The van der Waals surface area contributed by atoms with E-state index in [1.165, 1.54) is 6.92 Å². The van der Waals surface area contributed by atoms with Gasteiger partial charge in [0.25, 0.3) is 0 Å². The second kappa shape index (κ2) is 11.2. The number of carboxylic acids is 1.